The average molecular weight is 575 g/mol. The first-order valence-corrected chi connectivity index (χ1v) is 15.6. The lowest BCUT2D eigenvalue weighted by molar-refractivity contribution is 0.649. The van der Waals surface area contributed by atoms with Crippen molar-refractivity contribution in [1.29, 1.82) is 0 Å². The molecule has 6 aromatic carbocycles. The molecule has 212 valence electrons. The van der Waals surface area contributed by atoms with Crippen LogP contribution < -0.4 is 0 Å². The first-order valence-electron chi connectivity index (χ1n) is 15.6. The summed E-state index contributed by atoms with van der Waals surface area (Å²) in [4.78, 5) is 5.05. The lowest BCUT2D eigenvalue weighted by Crippen LogP contribution is -2.22. The smallest absolute Gasteiger partial charge is 0.145 e. The fourth-order valence-electron chi connectivity index (χ4n) is 7.40. The summed E-state index contributed by atoms with van der Waals surface area (Å²) in [6.07, 6.45) is 9.12. The number of imidazole rings is 1. The van der Waals surface area contributed by atoms with Crippen molar-refractivity contribution in [2.45, 2.75) is 5.92 Å². The molecule has 2 atom stereocenters. The number of rotatable bonds is 4. The fraction of sp³-hybridized carbons (Fsp3) is 0.0465. The number of allylic oxidation sites excluding steroid dienone is 5. The SMILES string of the molecule is C1=CC2=C(c3ccc4ccccc4c3)c3ccccc3C(c3ccc(-n4c(-c5ccccc5)nc5ccccc54)cc3)C2C=C1. The van der Waals surface area contributed by atoms with E-state index >= 15 is 0 Å². The van der Waals surface area contributed by atoms with E-state index in [1.807, 2.05) is 0 Å². The number of hydrogen-bond donors (Lipinski definition) is 0. The van der Waals surface area contributed by atoms with Crippen LogP contribution in [0.3, 0.4) is 0 Å². The van der Waals surface area contributed by atoms with Crippen LogP contribution in [0.25, 0.3) is 44.5 Å². The van der Waals surface area contributed by atoms with Gasteiger partial charge in [-0.1, -0.05) is 140 Å². The minimum atomic E-state index is 0.212. The third kappa shape index (κ3) is 4.22. The Bertz CT molecular complexity index is 2320. The van der Waals surface area contributed by atoms with Gasteiger partial charge in [-0.2, -0.15) is 0 Å². The van der Waals surface area contributed by atoms with Crippen LogP contribution in [0.1, 0.15) is 28.2 Å². The molecule has 0 fully saturated rings. The van der Waals surface area contributed by atoms with E-state index in [2.05, 4.69) is 174 Å². The van der Waals surface area contributed by atoms with Gasteiger partial charge >= 0.3 is 0 Å². The molecule has 0 N–H and O–H groups in total. The molecule has 0 saturated carbocycles. The monoisotopic (exact) mass is 574 g/mol. The molecule has 2 heteroatoms. The Morgan fingerprint density at radius 2 is 1.33 bits per heavy atom. The van der Waals surface area contributed by atoms with E-state index < -0.39 is 0 Å². The van der Waals surface area contributed by atoms with Crippen molar-refractivity contribution in [3.05, 3.63) is 198 Å². The predicted octanol–water partition coefficient (Wildman–Crippen LogP) is 10.5. The second-order valence-corrected chi connectivity index (χ2v) is 11.9. The lowest BCUT2D eigenvalue weighted by Gasteiger charge is -2.37. The highest BCUT2D eigenvalue weighted by atomic mass is 15.1. The Hall–Kier alpha value is -5.73. The van der Waals surface area contributed by atoms with Gasteiger partial charge in [0.15, 0.2) is 0 Å². The summed E-state index contributed by atoms with van der Waals surface area (Å²) in [5, 5.41) is 2.54. The Kier molecular flexibility index (Phi) is 5.99. The first kappa shape index (κ1) is 25.7. The van der Waals surface area contributed by atoms with Crippen LogP contribution in [0, 0.1) is 5.92 Å². The van der Waals surface area contributed by atoms with Gasteiger partial charge < -0.3 is 0 Å². The van der Waals surface area contributed by atoms with Crippen LogP contribution in [0.4, 0.5) is 0 Å². The highest BCUT2D eigenvalue weighted by molar-refractivity contribution is 5.93. The first-order chi connectivity index (χ1) is 22.3. The molecule has 7 aromatic rings. The summed E-state index contributed by atoms with van der Waals surface area (Å²) >= 11 is 0. The van der Waals surface area contributed by atoms with E-state index in [1.54, 1.807) is 0 Å². The molecule has 0 saturated heterocycles. The average Bonchev–Trinajstić information content (AvgIpc) is 3.51. The minimum absolute atomic E-state index is 0.212. The Labute approximate surface area is 263 Å². The molecule has 1 heterocycles. The zero-order valence-electron chi connectivity index (χ0n) is 24.7. The van der Waals surface area contributed by atoms with E-state index in [-0.39, 0.29) is 11.8 Å². The lowest BCUT2D eigenvalue weighted by atomic mass is 9.66. The summed E-state index contributed by atoms with van der Waals surface area (Å²) in [6.45, 7) is 0. The second-order valence-electron chi connectivity index (χ2n) is 11.9. The van der Waals surface area contributed by atoms with Crippen LogP contribution in [0.15, 0.2) is 175 Å². The van der Waals surface area contributed by atoms with Crippen molar-refractivity contribution in [3.8, 4) is 17.1 Å². The summed E-state index contributed by atoms with van der Waals surface area (Å²) in [7, 11) is 0. The van der Waals surface area contributed by atoms with Crippen LogP contribution in [-0.2, 0) is 0 Å². The summed E-state index contributed by atoms with van der Waals surface area (Å²) < 4.78 is 2.29. The normalized spacial score (nSPS) is 17.1. The fourth-order valence-corrected chi connectivity index (χ4v) is 7.40. The second kappa shape index (κ2) is 10.5. The standard InChI is InChI=1S/C43H30N2/c1-2-13-31(14-3-1)43-44-39-20-10-11-21-40(39)45(43)34-26-24-30(25-27-34)41-35-16-6-8-18-37(35)42(38-19-9-7-17-36(38)41)33-23-22-29-12-4-5-15-32(29)28-33/h1-28,35,41H. The molecule has 9 rings (SSSR count). The molecular weight excluding hydrogens is 544 g/mol. The molecule has 0 radical (unpaired) electrons. The molecule has 1 aromatic heterocycles. The van der Waals surface area contributed by atoms with Crippen LogP contribution in [0.5, 0.6) is 0 Å². The van der Waals surface area contributed by atoms with Gasteiger partial charge in [0.2, 0.25) is 0 Å². The van der Waals surface area contributed by atoms with Crippen LogP contribution in [0.2, 0.25) is 0 Å². The maximum Gasteiger partial charge on any atom is 0.145 e. The number of hydrogen-bond acceptors (Lipinski definition) is 1. The van der Waals surface area contributed by atoms with Gasteiger partial charge in [-0.15, -0.1) is 0 Å². The molecule has 2 aliphatic carbocycles. The molecule has 0 aliphatic heterocycles. The van der Waals surface area contributed by atoms with E-state index in [9.17, 15) is 0 Å². The van der Waals surface area contributed by atoms with Gasteiger partial charge in [0.25, 0.3) is 0 Å². The maximum atomic E-state index is 5.05. The molecule has 0 spiro atoms. The van der Waals surface area contributed by atoms with Gasteiger partial charge in [0.05, 0.1) is 11.0 Å². The van der Waals surface area contributed by atoms with Gasteiger partial charge in [0.1, 0.15) is 5.82 Å². The highest BCUT2D eigenvalue weighted by Crippen LogP contribution is 2.50. The number of fused-ring (bicyclic) bond motifs is 4. The zero-order chi connectivity index (χ0) is 29.7. The van der Waals surface area contributed by atoms with Gasteiger partial charge in [-0.05, 0) is 74.5 Å². The quantitative estimate of drug-likeness (QED) is 0.204. The van der Waals surface area contributed by atoms with E-state index in [4.69, 9.17) is 4.98 Å². The van der Waals surface area contributed by atoms with Crippen molar-refractivity contribution in [1.82, 2.24) is 9.55 Å². The number of nitrogens with zero attached hydrogens (tertiary/aromatic N) is 2. The summed E-state index contributed by atoms with van der Waals surface area (Å²) in [5.74, 6) is 1.41. The minimum Gasteiger partial charge on any atom is -0.292 e. The van der Waals surface area contributed by atoms with Crippen molar-refractivity contribution in [2.75, 3.05) is 0 Å². The topological polar surface area (TPSA) is 17.8 Å². The third-order valence-electron chi connectivity index (χ3n) is 9.42. The van der Waals surface area contributed by atoms with Crippen LogP contribution >= 0.6 is 0 Å². The molecule has 2 nitrogen and oxygen atoms in total. The largest absolute Gasteiger partial charge is 0.292 e. The van der Waals surface area contributed by atoms with Crippen molar-refractivity contribution < 1.29 is 0 Å². The van der Waals surface area contributed by atoms with Crippen molar-refractivity contribution >= 4 is 27.4 Å². The van der Waals surface area contributed by atoms with Gasteiger partial charge in [-0.3, -0.25) is 4.57 Å². The summed E-state index contributed by atoms with van der Waals surface area (Å²) in [6, 6.07) is 52.6. The van der Waals surface area contributed by atoms with E-state index in [0.717, 1.165) is 28.1 Å². The molecule has 0 bridgehead atoms. The highest BCUT2D eigenvalue weighted by Gasteiger charge is 2.35. The molecule has 2 aliphatic rings. The Balaban J connectivity index is 1.18. The number of aromatic nitrogens is 2. The van der Waals surface area contributed by atoms with Gasteiger partial charge in [-0.25, -0.2) is 4.98 Å². The molecule has 45 heavy (non-hydrogen) atoms. The van der Waals surface area contributed by atoms with Gasteiger partial charge in [0, 0.05) is 23.1 Å². The van der Waals surface area contributed by atoms with Crippen molar-refractivity contribution in [3.63, 3.8) is 0 Å². The zero-order valence-corrected chi connectivity index (χ0v) is 24.7. The Morgan fingerprint density at radius 3 is 2.22 bits per heavy atom. The van der Waals surface area contributed by atoms with E-state index in [1.165, 1.54) is 44.2 Å². The van der Waals surface area contributed by atoms with E-state index in [0.29, 0.717) is 0 Å². The number of benzene rings is 6. The van der Waals surface area contributed by atoms with Crippen molar-refractivity contribution in [2.24, 2.45) is 5.92 Å². The maximum absolute atomic E-state index is 5.05. The Morgan fingerprint density at radius 1 is 0.578 bits per heavy atom. The molecule has 0 amide bonds. The third-order valence-corrected chi connectivity index (χ3v) is 9.42. The molecule has 2 unspecified atom stereocenters. The van der Waals surface area contributed by atoms with Crippen LogP contribution in [-0.4, -0.2) is 9.55 Å². The predicted molar refractivity (Wildman–Crippen MR) is 187 cm³/mol. The molecular formula is C43H30N2. The number of para-hydroxylation sites is 2. The summed E-state index contributed by atoms with van der Waals surface area (Å²) in [5.41, 5.74) is 12.3.